The summed E-state index contributed by atoms with van der Waals surface area (Å²) in [6, 6.07) is 10.0. The molecule has 2 aliphatic rings. The Morgan fingerprint density at radius 1 is 1.00 bits per heavy atom. The summed E-state index contributed by atoms with van der Waals surface area (Å²) in [6.07, 6.45) is 4.02. The number of piperidine rings is 1. The van der Waals surface area contributed by atoms with E-state index in [1.807, 2.05) is 24.3 Å². The van der Waals surface area contributed by atoms with Crippen molar-refractivity contribution in [3.63, 3.8) is 0 Å². The van der Waals surface area contributed by atoms with Gasteiger partial charge in [0.25, 0.3) is 0 Å². The predicted molar refractivity (Wildman–Crippen MR) is 90.8 cm³/mol. The van der Waals surface area contributed by atoms with Gasteiger partial charge in [-0.2, -0.15) is 5.26 Å². The molecule has 2 fully saturated rings. The Balaban J connectivity index is 1.55. The lowest BCUT2D eigenvalue weighted by Gasteiger charge is -2.30. The second kappa shape index (κ2) is 7.92. The van der Waals surface area contributed by atoms with Crippen molar-refractivity contribution in [3.8, 4) is 6.07 Å². The third kappa shape index (κ3) is 4.32. The number of nitriles is 1. The molecule has 1 aromatic rings. The molecule has 4 heteroatoms. The van der Waals surface area contributed by atoms with E-state index in [1.54, 1.807) is 0 Å². The normalized spacial score (nSPS) is 26.3. The van der Waals surface area contributed by atoms with Gasteiger partial charge in [0.15, 0.2) is 0 Å². The third-order valence-electron chi connectivity index (χ3n) is 5.32. The molecule has 2 aliphatic heterocycles. The fourth-order valence-corrected chi connectivity index (χ4v) is 4.00. The molecule has 0 saturated carbocycles. The zero-order valence-electron chi connectivity index (χ0n) is 13.8. The van der Waals surface area contributed by atoms with Crippen molar-refractivity contribution >= 4 is 0 Å². The van der Waals surface area contributed by atoms with E-state index in [-0.39, 0.29) is 0 Å². The summed E-state index contributed by atoms with van der Waals surface area (Å²) in [6.45, 7) is 6.85. The first kappa shape index (κ1) is 16.4. The lowest BCUT2D eigenvalue weighted by molar-refractivity contribution is 0.149. The molecule has 2 atom stereocenters. The second-order valence-corrected chi connectivity index (χ2v) is 7.07. The van der Waals surface area contributed by atoms with Gasteiger partial charge in [-0.3, -0.25) is 4.90 Å². The number of nitrogens with zero attached hydrogens (tertiary/aromatic N) is 3. The zero-order chi connectivity index (χ0) is 16.1. The monoisotopic (exact) mass is 313 g/mol. The lowest BCUT2D eigenvalue weighted by atomic mass is 9.95. The SMILES string of the molecule is N#Cc1ccc(CN2C[C@@H](CN3CCCCC3)[C@@H](CO)C2)cc1. The van der Waals surface area contributed by atoms with E-state index in [0.717, 1.165) is 26.2 Å². The number of hydrogen-bond donors (Lipinski definition) is 1. The number of aliphatic hydroxyl groups is 1. The molecule has 0 amide bonds. The van der Waals surface area contributed by atoms with Crippen LogP contribution in [0, 0.1) is 23.2 Å². The molecular formula is C19H27N3O. The maximum Gasteiger partial charge on any atom is 0.0991 e. The highest BCUT2D eigenvalue weighted by molar-refractivity contribution is 5.31. The van der Waals surface area contributed by atoms with Gasteiger partial charge in [0.2, 0.25) is 0 Å². The van der Waals surface area contributed by atoms with Crippen LogP contribution >= 0.6 is 0 Å². The van der Waals surface area contributed by atoms with Gasteiger partial charge in [-0.25, -0.2) is 0 Å². The van der Waals surface area contributed by atoms with Gasteiger partial charge in [-0.1, -0.05) is 18.6 Å². The number of hydrogen-bond acceptors (Lipinski definition) is 4. The van der Waals surface area contributed by atoms with E-state index in [0.29, 0.717) is 24.0 Å². The molecule has 0 bridgehead atoms. The zero-order valence-corrected chi connectivity index (χ0v) is 13.8. The van der Waals surface area contributed by atoms with Crippen molar-refractivity contribution in [3.05, 3.63) is 35.4 Å². The van der Waals surface area contributed by atoms with Gasteiger partial charge in [0.1, 0.15) is 0 Å². The highest BCUT2D eigenvalue weighted by atomic mass is 16.3. The van der Waals surface area contributed by atoms with Crippen LogP contribution in [0.2, 0.25) is 0 Å². The Hall–Kier alpha value is -1.41. The van der Waals surface area contributed by atoms with Gasteiger partial charge in [0.05, 0.1) is 11.6 Å². The van der Waals surface area contributed by atoms with Crippen molar-refractivity contribution in [2.45, 2.75) is 25.8 Å². The minimum atomic E-state index is 0.294. The molecule has 0 radical (unpaired) electrons. The molecular weight excluding hydrogens is 286 g/mol. The number of benzene rings is 1. The molecule has 124 valence electrons. The number of rotatable bonds is 5. The van der Waals surface area contributed by atoms with Crippen LogP contribution in [0.4, 0.5) is 0 Å². The number of likely N-dealkylation sites (tertiary alicyclic amines) is 2. The summed E-state index contributed by atoms with van der Waals surface area (Å²) < 4.78 is 0. The van der Waals surface area contributed by atoms with E-state index in [9.17, 15) is 5.11 Å². The predicted octanol–water partition coefficient (Wildman–Crippen LogP) is 2.08. The van der Waals surface area contributed by atoms with E-state index in [2.05, 4.69) is 15.9 Å². The van der Waals surface area contributed by atoms with Crippen molar-refractivity contribution in [2.75, 3.05) is 39.3 Å². The Morgan fingerprint density at radius 2 is 1.70 bits per heavy atom. The average Bonchev–Trinajstić information content (AvgIpc) is 2.98. The molecule has 0 spiro atoms. The minimum absolute atomic E-state index is 0.294. The molecule has 0 unspecified atom stereocenters. The Kier molecular flexibility index (Phi) is 5.66. The third-order valence-corrected chi connectivity index (χ3v) is 5.32. The largest absolute Gasteiger partial charge is 0.396 e. The lowest BCUT2D eigenvalue weighted by Crippen LogP contribution is -2.37. The van der Waals surface area contributed by atoms with E-state index >= 15 is 0 Å². The van der Waals surface area contributed by atoms with Crippen LogP contribution in [0.15, 0.2) is 24.3 Å². The maximum atomic E-state index is 9.74. The smallest absolute Gasteiger partial charge is 0.0991 e. The van der Waals surface area contributed by atoms with Crippen LogP contribution in [0.25, 0.3) is 0 Å². The fourth-order valence-electron chi connectivity index (χ4n) is 4.00. The second-order valence-electron chi connectivity index (χ2n) is 7.07. The summed E-state index contributed by atoms with van der Waals surface area (Å²) >= 11 is 0. The minimum Gasteiger partial charge on any atom is -0.396 e. The molecule has 4 nitrogen and oxygen atoms in total. The Morgan fingerprint density at radius 3 is 2.35 bits per heavy atom. The Labute approximate surface area is 139 Å². The molecule has 2 saturated heterocycles. The van der Waals surface area contributed by atoms with Gasteiger partial charge in [0, 0.05) is 32.8 Å². The first-order chi connectivity index (χ1) is 11.3. The van der Waals surface area contributed by atoms with E-state index in [1.165, 1.54) is 37.9 Å². The molecule has 1 N–H and O–H groups in total. The highest BCUT2D eigenvalue weighted by Crippen LogP contribution is 2.26. The summed E-state index contributed by atoms with van der Waals surface area (Å²) in [5.74, 6) is 0.979. The molecule has 0 aromatic heterocycles. The van der Waals surface area contributed by atoms with Crippen molar-refractivity contribution in [1.82, 2.24) is 9.80 Å². The first-order valence-corrected chi connectivity index (χ1v) is 8.83. The van der Waals surface area contributed by atoms with Crippen LogP contribution in [0.3, 0.4) is 0 Å². The summed E-state index contributed by atoms with van der Waals surface area (Å²) in [5.41, 5.74) is 1.96. The maximum absolute atomic E-state index is 9.74. The van der Waals surface area contributed by atoms with Crippen molar-refractivity contribution < 1.29 is 5.11 Å². The molecule has 0 aliphatic carbocycles. The van der Waals surface area contributed by atoms with Gasteiger partial charge in [-0.15, -0.1) is 0 Å². The fraction of sp³-hybridized carbons (Fsp3) is 0.632. The van der Waals surface area contributed by atoms with Gasteiger partial charge < -0.3 is 10.0 Å². The highest BCUT2D eigenvalue weighted by Gasteiger charge is 2.33. The van der Waals surface area contributed by atoms with Crippen LogP contribution < -0.4 is 0 Å². The van der Waals surface area contributed by atoms with E-state index < -0.39 is 0 Å². The molecule has 2 heterocycles. The summed E-state index contributed by atoms with van der Waals surface area (Å²) in [7, 11) is 0. The topological polar surface area (TPSA) is 50.5 Å². The van der Waals surface area contributed by atoms with Crippen LogP contribution in [-0.4, -0.2) is 54.2 Å². The van der Waals surface area contributed by atoms with Crippen molar-refractivity contribution in [1.29, 1.82) is 5.26 Å². The molecule has 23 heavy (non-hydrogen) atoms. The van der Waals surface area contributed by atoms with Gasteiger partial charge in [-0.05, 0) is 55.5 Å². The van der Waals surface area contributed by atoms with Gasteiger partial charge >= 0.3 is 0 Å². The molecule has 3 rings (SSSR count). The molecule has 1 aromatic carbocycles. The van der Waals surface area contributed by atoms with Crippen LogP contribution in [-0.2, 0) is 6.54 Å². The summed E-state index contributed by atoms with van der Waals surface area (Å²) in [4.78, 5) is 5.04. The average molecular weight is 313 g/mol. The summed E-state index contributed by atoms with van der Waals surface area (Å²) in [5, 5.41) is 18.6. The van der Waals surface area contributed by atoms with Crippen LogP contribution in [0.5, 0.6) is 0 Å². The van der Waals surface area contributed by atoms with Crippen LogP contribution in [0.1, 0.15) is 30.4 Å². The quantitative estimate of drug-likeness (QED) is 0.904. The first-order valence-electron chi connectivity index (χ1n) is 8.83. The standard InChI is InChI=1S/C19H27N3O/c20-10-16-4-6-17(7-5-16)11-22-13-18(19(14-22)15-23)12-21-8-2-1-3-9-21/h4-7,18-19,23H,1-3,8-9,11-15H2/t18-,19-/m1/s1. The number of aliphatic hydroxyl groups excluding tert-OH is 1. The van der Waals surface area contributed by atoms with E-state index in [4.69, 9.17) is 5.26 Å². The van der Waals surface area contributed by atoms with Crippen molar-refractivity contribution in [2.24, 2.45) is 11.8 Å². The Bertz CT molecular complexity index is 531.